The molecule has 0 spiro atoms. The van der Waals surface area contributed by atoms with Crippen molar-refractivity contribution in [3.05, 3.63) is 59.1 Å². The SMILES string of the molecule is NCc1ccccc1S(=O)(=O)Nc1cccc(Cl)c1. The summed E-state index contributed by atoms with van der Waals surface area (Å²) in [5.74, 6) is 0. The fourth-order valence-electron chi connectivity index (χ4n) is 1.70. The summed E-state index contributed by atoms with van der Waals surface area (Å²) in [6, 6.07) is 13.1. The van der Waals surface area contributed by atoms with Crippen LogP contribution in [0.1, 0.15) is 5.56 Å². The molecule has 0 aliphatic rings. The van der Waals surface area contributed by atoms with Gasteiger partial charge < -0.3 is 5.73 Å². The van der Waals surface area contributed by atoms with Gasteiger partial charge in [-0.25, -0.2) is 8.42 Å². The van der Waals surface area contributed by atoms with E-state index in [0.717, 1.165) is 0 Å². The van der Waals surface area contributed by atoms with Crippen LogP contribution in [0.5, 0.6) is 0 Å². The number of rotatable bonds is 4. The molecule has 3 N–H and O–H groups in total. The van der Waals surface area contributed by atoms with Crippen LogP contribution in [0.15, 0.2) is 53.4 Å². The predicted octanol–water partition coefficient (Wildman–Crippen LogP) is 2.60. The first kappa shape index (κ1) is 13.9. The maximum atomic E-state index is 12.3. The predicted molar refractivity (Wildman–Crippen MR) is 76.6 cm³/mol. The summed E-state index contributed by atoms with van der Waals surface area (Å²) in [5.41, 5.74) is 6.53. The van der Waals surface area contributed by atoms with Gasteiger partial charge in [-0.15, -0.1) is 0 Å². The number of benzene rings is 2. The molecule has 0 aliphatic carbocycles. The highest BCUT2D eigenvalue weighted by Crippen LogP contribution is 2.21. The second kappa shape index (κ2) is 5.61. The van der Waals surface area contributed by atoms with Crippen molar-refractivity contribution in [3.63, 3.8) is 0 Å². The molecule has 0 heterocycles. The van der Waals surface area contributed by atoms with E-state index in [1.165, 1.54) is 6.07 Å². The fourth-order valence-corrected chi connectivity index (χ4v) is 3.19. The Kier molecular flexibility index (Phi) is 4.09. The zero-order valence-electron chi connectivity index (χ0n) is 10.0. The van der Waals surface area contributed by atoms with Crippen LogP contribution in [0.3, 0.4) is 0 Å². The summed E-state index contributed by atoms with van der Waals surface area (Å²) in [4.78, 5) is 0.178. The van der Waals surface area contributed by atoms with Crippen molar-refractivity contribution >= 4 is 27.3 Å². The van der Waals surface area contributed by atoms with E-state index in [2.05, 4.69) is 4.72 Å². The van der Waals surface area contributed by atoms with E-state index in [0.29, 0.717) is 16.3 Å². The number of sulfonamides is 1. The van der Waals surface area contributed by atoms with Crippen molar-refractivity contribution in [1.29, 1.82) is 0 Å². The van der Waals surface area contributed by atoms with Gasteiger partial charge in [-0.1, -0.05) is 35.9 Å². The molecule has 0 unspecified atom stereocenters. The van der Waals surface area contributed by atoms with E-state index in [-0.39, 0.29) is 11.4 Å². The first-order valence-corrected chi connectivity index (χ1v) is 7.45. The van der Waals surface area contributed by atoms with Crippen LogP contribution in [0.4, 0.5) is 5.69 Å². The second-order valence-electron chi connectivity index (χ2n) is 3.93. The Morgan fingerprint density at radius 2 is 1.84 bits per heavy atom. The Morgan fingerprint density at radius 1 is 1.11 bits per heavy atom. The maximum Gasteiger partial charge on any atom is 0.262 e. The molecule has 0 radical (unpaired) electrons. The maximum absolute atomic E-state index is 12.3. The van der Waals surface area contributed by atoms with Crippen LogP contribution in [-0.4, -0.2) is 8.42 Å². The topological polar surface area (TPSA) is 72.2 Å². The van der Waals surface area contributed by atoms with Gasteiger partial charge >= 0.3 is 0 Å². The number of nitrogens with one attached hydrogen (secondary N) is 1. The molecule has 0 saturated carbocycles. The van der Waals surface area contributed by atoms with Crippen LogP contribution in [0.25, 0.3) is 0 Å². The highest BCUT2D eigenvalue weighted by molar-refractivity contribution is 7.92. The number of hydrogen-bond acceptors (Lipinski definition) is 3. The lowest BCUT2D eigenvalue weighted by molar-refractivity contribution is 0.600. The van der Waals surface area contributed by atoms with Crippen molar-refractivity contribution < 1.29 is 8.42 Å². The lowest BCUT2D eigenvalue weighted by Crippen LogP contribution is -2.16. The Balaban J connectivity index is 2.38. The summed E-state index contributed by atoms with van der Waals surface area (Å²) in [7, 11) is -3.66. The van der Waals surface area contributed by atoms with Gasteiger partial charge in [-0.3, -0.25) is 4.72 Å². The third kappa shape index (κ3) is 3.26. The zero-order valence-corrected chi connectivity index (χ0v) is 11.6. The van der Waals surface area contributed by atoms with Crippen LogP contribution >= 0.6 is 11.6 Å². The normalized spacial score (nSPS) is 11.3. The Labute approximate surface area is 117 Å². The molecule has 2 aromatic carbocycles. The average Bonchev–Trinajstić information content (AvgIpc) is 2.38. The quantitative estimate of drug-likeness (QED) is 0.911. The van der Waals surface area contributed by atoms with Crippen molar-refractivity contribution in [2.24, 2.45) is 5.73 Å². The van der Waals surface area contributed by atoms with Crippen LogP contribution in [-0.2, 0) is 16.6 Å². The molecule has 0 aromatic heterocycles. The third-order valence-corrected chi connectivity index (χ3v) is 4.28. The minimum absolute atomic E-state index is 0.159. The lowest BCUT2D eigenvalue weighted by atomic mass is 10.2. The summed E-state index contributed by atoms with van der Waals surface area (Å²) in [6.07, 6.45) is 0. The summed E-state index contributed by atoms with van der Waals surface area (Å²) in [5, 5.41) is 0.465. The van der Waals surface area contributed by atoms with Gasteiger partial charge in [-0.05, 0) is 29.8 Å². The molecule has 19 heavy (non-hydrogen) atoms. The van der Waals surface area contributed by atoms with E-state index in [9.17, 15) is 8.42 Å². The van der Waals surface area contributed by atoms with Crippen LogP contribution in [0, 0.1) is 0 Å². The van der Waals surface area contributed by atoms with Gasteiger partial charge in [0.2, 0.25) is 0 Å². The minimum atomic E-state index is -3.66. The van der Waals surface area contributed by atoms with Gasteiger partial charge in [0.05, 0.1) is 10.6 Å². The first-order chi connectivity index (χ1) is 9.03. The molecule has 0 bridgehead atoms. The molecular weight excluding hydrogens is 284 g/mol. The molecule has 6 heteroatoms. The van der Waals surface area contributed by atoms with Gasteiger partial charge in [-0.2, -0.15) is 0 Å². The molecule has 0 aliphatic heterocycles. The zero-order chi connectivity index (χ0) is 13.9. The average molecular weight is 297 g/mol. The van der Waals surface area contributed by atoms with Crippen molar-refractivity contribution in [1.82, 2.24) is 0 Å². The smallest absolute Gasteiger partial charge is 0.262 e. The standard InChI is InChI=1S/C13H13ClN2O2S/c14-11-5-3-6-12(8-11)16-19(17,18)13-7-2-1-4-10(13)9-15/h1-8,16H,9,15H2. The number of hydrogen-bond donors (Lipinski definition) is 2. The van der Waals surface area contributed by atoms with Gasteiger partial charge in [0.1, 0.15) is 0 Å². The van der Waals surface area contributed by atoms with Crippen molar-refractivity contribution in [2.75, 3.05) is 4.72 Å². The Bertz CT molecular complexity index is 687. The monoisotopic (exact) mass is 296 g/mol. The van der Waals surface area contributed by atoms with Gasteiger partial charge in [0, 0.05) is 11.6 Å². The number of anilines is 1. The highest BCUT2D eigenvalue weighted by atomic mass is 35.5. The van der Waals surface area contributed by atoms with E-state index in [4.69, 9.17) is 17.3 Å². The molecule has 4 nitrogen and oxygen atoms in total. The fraction of sp³-hybridized carbons (Fsp3) is 0.0769. The lowest BCUT2D eigenvalue weighted by Gasteiger charge is -2.11. The molecule has 0 amide bonds. The van der Waals surface area contributed by atoms with E-state index in [1.807, 2.05) is 0 Å². The molecule has 0 atom stereocenters. The third-order valence-electron chi connectivity index (χ3n) is 2.56. The summed E-state index contributed by atoms with van der Waals surface area (Å²) >= 11 is 5.82. The molecule has 100 valence electrons. The molecule has 0 fully saturated rings. The highest BCUT2D eigenvalue weighted by Gasteiger charge is 2.17. The minimum Gasteiger partial charge on any atom is -0.326 e. The second-order valence-corrected chi connectivity index (χ2v) is 6.01. The van der Waals surface area contributed by atoms with Crippen LogP contribution < -0.4 is 10.5 Å². The van der Waals surface area contributed by atoms with E-state index in [1.54, 1.807) is 42.5 Å². The molecule has 2 rings (SSSR count). The Hall–Kier alpha value is -1.56. The Morgan fingerprint density at radius 3 is 2.53 bits per heavy atom. The van der Waals surface area contributed by atoms with E-state index < -0.39 is 10.0 Å². The number of nitrogens with two attached hydrogens (primary N) is 1. The van der Waals surface area contributed by atoms with Gasteiger partial charge in [0.25, 0.3) is 10.0 Å². The largest absolute Gasteiger partial charge is 0.326 e. The van der Waals surface area contributed by atoms with Crippen molar-refractivity contribution in [2.45, 2.75) is 11.4 Å². The summed E-state index contributed by atoms with van der Waals surface area (Å²) in [6.45, 7) is 0.159. The van der Waals surface area contributed by atoms with Crippen molar-refractivity contribution in [3.8, 4) is 0 Å². The molecular formula is C13H13ClN2O2S. The number of halogens is 1. The molecule has 2 aromatic rings. The first-order valence-electron chi connectivity index (χ1n) is 5.59. The summed E-state index contributed by atoms with van der Waals surface area (Å²) < 4.78 is 27.0. The molecule has 0 saturated heterocycles. The van der Waals surface area contributed by atoms with E-state index >= 15 is 0 Å². The van der Waals surface area contributed by atoms with Crippen LogP contribution in [0.2, 0.25) is 5.02 Å². The van der Waals surface area contributed by atoms with Gasteiger partial charge in [0.15, 0.2) is 0 Å².